The topological polar surface area (TPSA) is 115 Å². The number of carbonyl (C=O) groups excluding carboxylic acids is 1. The lowest BCUT2D eigenvalue weighted by Crippen LogP contribution is -2.24. The van der Waals surface area contributed by atoms with Crippen molar-refractivity contribution in [2.45, 2.75) is 6.54 Å². The average molecular weight is 221 g/mol. The molecule has 0 saturated carbocycles. The maximum absolute atomic E-state index is 11.5. The molecule has 0 aliphatic rings. The Bertz CT molecular complexity index is 500. The van der Waals surface area contributed by atoms with Crippen LogP contribution in [-0.2, 0) is 13.6 Å². The number of nitrogen functional groups attached to an aromatic ring is 1. The third-order valence-corrected chi connectivity index (χ3v) is 1.92. The van der Waals surface area contributed by atoms with Crippen LogP contribution >= 0.6 is 0 Å². The van der Waals surface area contributed by atoms with Crippen molar-refractivity contribution in [3.63, 3.8) is 0 Å². The Balaban J connectivity index is 1.93. The van der Waals surface area contributed by atoms with Crippen molar-refractivity contribution in [2.75, 3.05) is 5.73 Å². The summed E-state index contributed by atoms with van der Waals surface area (Å²) in [5, 5.41) is 12.7. The Hall–Kier alpha value is -2.38. The fourth-order valence-corrected chi connectivity index (χ4v) is 1.19. The molecule has 2 aromatic rings. The summed E-state index contributed by atoms with van der Waals surface area (Å²) in [7, 11) is 1.81. The molecular weight excluding hydrogens is 210 g/mol. The van der Waals surface area contributed by atoms with E-state index in [-0.39, 0.29) is 17.7 Å². The highest BCUT2D eigenvalue weighted by Gasteiger charge is 2.10. The summed E-state index contributed by atoms with van der Waals surface area (Å²) in [5.41, 5.74) is 6.04. The van der Waals surface area contributed by atoms with Gasteiger partial charge in [-0.2, -0.15) is 10.1 Å². The first kappa shape index (κ1) is 10.1. The number of hydrogen-bond acceptors (Lipinski definition) is 5. The molecule has 0 aromatic carbocycles. The van der Waals surface area contributed by atoms with E-state index in [1.165, 1.54) is 0 Å². The zero-order valence-electron chi connectivity index (χ0n) is 8.64. The van der Waals surface area contributed by atoms with Gasteiger partial charge in [-0.05, 0) is 6.07 Å². The van der Waals surface area contributed by atoms with Crippen LogP contribution in [0, 0.1) is 0 Å². The second-order valence-corrected chi connectivity index (χ2v) is 3.21. The highest BCUT2D eigenvalue weighted by molar-refractivity contribution is 5.90. The van der Waals surface area contributed by atoms with E-state index >= 15 is 0 Å². The van der Waals surface area contributed by atoms with Crippen molar-refractivity contribution in [2.24, 2.45) is 7.05 Å². The molecule has 8 nitrogen and oxygen atoms in total. The Morgan fingerprint density at radius 1 is 1.69 bits per heavy atom. The molecule has 2 heterocycles. The number of hydrogen-bond donors (Lipinski definition) is 3. The summed E-state index contributed by atoms with van der Waals surface area (Å²) in [5.74, 6) is -0.230. The zero-order chi connectivity index (χ0) is 11.5. The van der Waals surface area contributed by atoms with E-state index in [9.17, 15) is 4.79 Å². The maximum Gasteiger partial charge on any atom is 0.288 e. The monoisotopic (exact) mass is 221 g/mol. The van der Waals surface area contributed by atoms with E-state index < -0.39 is 0 Å². The van der Waals surface area contributed by atoms with E-state index in [4.69, 9.17) is 5.73 Å². The van der Waals surface area contributed by atoms with E-state index in [0.717, 1.165) is 5.69 Å². The third kappa shape index (κ3) is 2.16. The van der Waals surface area contributed by atoms with Crippen LogP contribution < -0.4 is 11.1 Å². The molecule has 0 aliphatic carbocycles. The smallest absolute Gasteiger partial charge is 0.288 e. The summed E-state index contributed by atoms with van der Waals surface area (Å²) in [4.78, 5) is 15.2. The van der Waals surface area contributed by atoms with Crippen LogP contribution in [0.2, 0.25) is 0 Å². The molecule has 84 valence electrons. The predicted molar refractivity (Wildman–Crippen MR) is 55.2 cm³/mol. The number of rotatable bonds is 3. The minimum absolute atomic E-state index is 0.0444. The lowest BCUT2D eigenvalue weighted by atomic mass is 10.4. The molecule has 4 N–H and O–H groups in total. The molecule has 0 fully saturated rings. The summed E-state index contributed by atoms with van der Waals surface area (Å²) in [6, 6.07) is 1.81. The Morgan fingerprint density at radius 3 is 3.06 bits per heavy atom. The van der Waals surface area contributed by atoms with Gasteiger partial charge in [0.25, 0.3) is 5.91 Å². The fraction of sp³-hybridized carbons (Fsp3) is 0.250. The average Bonchev–Trinajstić information content (AvgIpc) is 2.84. The van der Waals surface area contributed by atoms with E-state index in [1.54, 1.807) is 10.9 Å². The van der Waals surface area contributed by atoms with Gasteiger partial charge >= 0.3 is 0 Å². The van der Waals surface area contributed by atoms with Crippen LogP contribution in [0.5, 0.6) is 0 Å². The molecule has 2 rings (SSSR count). The molecule has 16 heavy (non-hydrogen) atoms. The van der Waals surface area contributed by atoms with Crippen molar-refractivity contribution in [3.05, 3.63) is 23.8 Å². The van der Waals surface area contributed by atoms with Crippen molar-refractivity contribution in [1.29, 1.82) is 0 Å². The number of aryl methyl sites for hydroxylation is 1. The summed E-state index contributed by atoms with van der Waals surface area (Å²) >= 11 is 0. The number of aromatic nitrogens is 5. The van der Waals surface area contributed by atoms with Crippen LogP contribution in [0.4, 0.5) is 5.95 Å². The number of carbonyl (C=O) groups is 1. The summed E-state index contributed by atoms with van der Waals surface area (Å²) in [6.07, 6.45) is 1.80. The van der Waals surface area contributed by atoms with Gasteiger partial charge in [0.15, 0.2) is 0 Å². The van der Waals surface area contributed by atoms with Crippen molar-refractivity contribution < 1.29 is 4.79 Å². The number of nitrogens with one attached hydrogen (secondary N) is 2. The van der Waals surface area contributed by atoms with Gasteiger partial charge in [0, 0.05) is 13.2 Å². The van der Waals surface area contributed by atoms with Gasteiger partial charge in [-0.1, -0.05) is 0 Å². The molecule has 0 radical (unpaired) electrons. The van der Waals surface area contributed by atoms with Gasteiger partial charge in [0.1, 0.15) is 0 Å². The number of amides is 1. The normalized spacial score (nSPS) is 10.3. The lowest BCUT2D eigenvalue weighted by Gasteiger charge is -1.98. The van der Waals surface area contributed by atoms with Gasteiger partial charge in [-0.25, -0.2) is 0 Å². The Labute approximate surface area is 90.9 Å². The van der Waals surface area contributed by atoms with Crippen LogP contribution in [0.1, 0.15) is 16.3 Å². The highest BCUT2D eigenvalue weighted by atomic mass is 16.2. The molecule has 2 aromatic heterocycles. The molecule has 0 unspecified atom stereocenters. The number of H-pyrrole nitrogens is 1. The second kappa shape index (κ2) is 4.01. The van der Waals surface area contributed by atoms with Gasteiger partial charge < -0.3 is 11.1 Å². The fourth-order valence-electron chi connectivity index (χ4n) is 1.19. The number of nitrogens with two attached hydrogens (primary N) is 1. The maximum atomic E-state index is 11.5. The molecule has 0 spiro atoms. The van der Waals surface area contributed by atoms with Crippen molar-refractivity contribution >= 4 is 11.9 Å². The number of nitrogens with zero attached hydrogens (tertiary/aromatic N) is 4. The van der Waals surface area contributed by atoms with Gasteiger partial charge in [0.2, 0.25) is 11.8 Å². The third-order valence-electron chi connectivity index (χ3n) is 1.92. The predicted octanol–water partition coefficient (Wildman–Crippen LogP) is -0.950. The zero-order valence-corrected chi connectivity index (χ0v) is 8.64. The minimum Gasteiger partial charge on any atom is -0.366 e. The molecule has 1 amide bonds. The van der Waals surface area contributed by atoms with Crippen LogP contribution in [0.15, 0.2) is 12.3 Å². The van der Waals surface area contributed by atoms with Crippen LogP contribution in [-0.4, -0.2) is 30.9 Å². The molecule has 0 atom stereocenters. The van der Waals surface area contributed by atoms with E-state index in [0.29, 0.717) is 6.54 Å². The van der Waals surface area contributed by atoms with Crippen molar-refractivity contribution in [1.82, 2.24) is 30.3 Å². The molecule has 8 heteroatoms. The Morgan fingerprint density at radius 2 is 2.50 bits per heavy atom. The van der Waals surface area contributed by atoms with Gasteiger partial charge in [-0.3, -0.25) is 14.6 Å². The Kier molecular flexibility index (Phi) is 2.54. The highest BCUT2D eigenvalue weighted by Crippen LogP contribution is 1.96. The van der Waals surface area contributed by atoms with Crippen LogP contribution in [0.3, 0.4) is 0 Å². The second-order valence-electron chi connectivity index (χ2n) is 3.21. The molecule has 0 aliphatic heterocycles. The largest absolute Gasteiger partial charge is 0.366 e. The van der Waals surface area contributed by atoms with E-state index in [2.05, 4.69) is 25.6 Å². The quantitative estimate of drug-likeness (QED) is 0.618. The molecule has 0 saturated heterocycles. The number of aromatic amines is 1. The first-order valence-corrected chi connectivity index (χ1v) is 4.60. The number of anilines is 1. The summed E-state index contributed by atoms with van der Waals surface area (Å²) < 4.78 is 1.66. The summed E-state index contributed by atoms with van der Waals surface area (Å²) in [6.45, 7) is 0.334. The standard InChI is InChI=1S/C8H11N7O/c1-15-3-2-5(14-15)4-10-7(16)6-11-8(9)13-12-6/h2-3H,4H2,1H3,(H,10,16)(H3,9,11,12,13). The van der Waals surface area contributed by atoms with E-state index in [1.807, 2.05) is 13.1 Å². The van der Waals surface area contributed by atoms with Crippen molar-refractivity contribution in [3.8, 4) is 0 Å². The van der Waals surface area contributed by atoms with Gasteiger partial charge in [-0.15, -0.1) is 5.10 Å². The first-order valence-electron chi connectivity index (χ1n) is 4.60. The SMILES string of the molecule is Cn1ccc(CNC(=O)c2nc(N)n[nH]2)n1. The molecule has 0 bridgehead atoms. The lowest BCUT2D eigenvalue weighted by molar-refractivity contribution is 0.0940. The van der Waals surface area contributed by atoms with Gasteiger partial charge in [0.05, 0.1) is 12.2 Å². The minimum atomic E-state index is -0.366. The van der Waals surface area contributed by atoms with Crippen LogP contribution in [0.25, 0.3) is 0 Å². The first-order chi connectivity index (χ1) is 7.65. The molecular formula is C8H11N7O.